The molecule has 5 aromatic rings. The number of nitrogens with zero attached hydrogens (tertiary/aromatic N) is 5. The van der Waals surface area contributed by atoms with Gasteiger partial charge in [-0.05, 0) is 92.2 Å². The van der Waals surface area contributed by atoms with E-state index in [1.165, 1.54) is 36.0 Å². The Hall–Kier alpha value is -8.74. The van der Waals surface area contributed by atoms with E-state index in [2.05, 4.69) is 26.6 Å². The van der Waals surface area contributed by atoms with Crippen molar-refractivity contribution in [3.05, 3.63) is 108 Å². The summed E-state index contributed by atoms with van der Waals surface area (Å²) in [6.07, 6.45) is 1.84. The van der Waals surface area contributed by atoms with Gasteiger partial charge in [0.2, 0.25) is 17.7 Å². The fourth-order valence-corrected chi connectivity index (χ4v) is 9.83. The number of hydrogen-bond donors (Lipinski definition) is 6. The van der Waals surface area contributed by atoms with Crippen molar-refractivity contribution in [2.24, 2.45) is 11.7 Å². The van der Waals surface area contributed by atoms with Crippen LogP contribution in [0.5, 0.6) is 11.5 Å². The summed E-state index contributed by atoms with van der Waals surface area (Å²) in [5.74, 6) is -1.68. The number of nitrogens with one attached hydrogen (secondary N) is 5. The summed E-state index contributed by atoms with van der Waals surface area (Å²) in [6.45, 7) is 5.89. The average Bonchev–Trinajstić information content (AvgIpc) is 1.93. The van der Waals surface area contributed by atoms with E-state index in [0.717, 1.165) is 22.4 Å². The van der Waals surface area contributed by atoms with Gasteiger partial charge in [0.1, 0.15) is 36.3 Å². The van der Waals surface area contributed by atoms with Gasteiger partial charge in [0.25, 0.3) is 17.7 Å². The molecule has 0 bridgehead atoms. The number of benzene rings is 4. The molecule has 25 heteroatoms. The molecular weight excluding hydrogens is 1120 g/mol. The van der Waals surface area contributed by atoms with Crippen LogP contribution in [-0.2, 0) is 35.3 Å². The molecule has 7 rings (SSSR count). The molecular formula is C60H74ClN11O13. The van der Waals surface area contributed by atoms with Crippen molar-refractivity contribution in [1.29, 1.82) is 0 Å². The third-order valence-electron chi connectivity index (χ3n) is 14.3. The average molecular weight is 1190 g/mol. The topological polar surface area (TPSA) is 297 Å². The quantitative estimate of drug-likeness (QED) is 0.0195. The number of carbonyl (C=O) groups is 9. The molecule has 0 unspecified atom stereocenters. The highest BCUT2D eigenvalue weighted by atomic mass is 35.5. The van der Waals surface area contributed by atoms with Gasteiger partial charge in [-0.15, -0.1) is 11.6 Å². The molecule has 1 aromatic heterocycles. The summed E-state index contributed by atoms with van der Waals surface area (Å²) in [5.41, 5.74) is 8.14. The highest BCUT2D eigenvalue weighted by Crippen LogP contribution is 2.46. The SMILES string of the molecule is CC(C)[C@H](NCCNC(=O)CCCN1C(=O)C=CC1=O)C(=O)N[C@@H](CCCNC(N)=O)C(=O)Nc1ccc(COC(=O)N(C)CCN(C)C(=O)Oc2cc3c(c4ccccc24)[C@H](CCl)CN3C(=O)c2cc3cc(OCCN(C)C)ccc3o2)cc1. The minimum Gasteiger partial charge on any atom is -0.492 e. The molecule has 4 aromatic carbocycles. The lowest BCUT2D eigenvalue weighted by atomic mass is 9.95. The van der Waals surface area contributed by atoms with Crippen molar-refractivity contribution in [3.8, 4) is 11.5 Å². The number of carbonyl (C=O) groups excluding carboxylic acids is 9. The Balaban J connectivity index is 0.885. The van der Waals surface area contributed by atoms with E-state index in [1.54, 1.807) is 53.4 Å². The van der Waals surface area contributed by atoms with Gasteiger partial charge in [-0.3, -0.25) is 33.7 Å². The van der Waals surface area contributed by atoms with Crippen molar-refractivity contribution >= 4 is 98.4 Å². The third kappa shape index (κ3) is 17.4. The van der Waals surface area contributed by atoms with Crippen LogP contribution in [0.3, 0.4) is 0 Å². The number of alkyl halides is 1. The number of halogens is 1. The molecule has 0 saturated carbocycles. The van der Waals surface area contributed by atoms with Gasteiger partial charge in [-0.1, -0.05) is 50.2 Å². The maximum absolute atomic E-state index is 14.3. The first kappa shape index (κ1) is 63.8. The van der Waals surface area contributed by atoms with Crippen LogP contribution in [0.15, 0.2) is 95.4 Å². The third-order valence-corrected chi connectivity index (χ3v) is 14.7. The number of furan rings is 1. The van der Waals surface area contributed by atoms with Crippen LogP contribution in [0, 0.1) is 5.92 Å². The molecule has 85 heavy (non-hydrogen) atoms. The molecule has 0 fully saturated rings. The van der Waals surface area contributed by atoms with Gasteiger partial charge in [0.15, 0.2) is 5.76 Å². The second kappa shape index (κ2) is 30.2. The van der Waals surface area contributed by atoms with E-state index < -0.39 is 53.9 Å². The van der Waals surface area contributed by atoms with Gasteiger partial charge in [-0.25, -0.2) is 14.4 Å². The number of primary amides is 1. The molecule has 0 radical (unpaired) electrons. The predicted octanol–water partition coefficient (Wildman–Crippen LogP) is 5.52. The molecule has 24 nitrogen and oxygen atoms in total. The number of rotatable bonds is 29. The normalized spacial score (nSPS) is 14.3. The number of amides is 10. The molecule has 10 amide bonds. The first-order valence-electron chi connectivity index (χ1n) is 28.0. The standard InChI is InChI=1S/C60H74ClN11O13/c1-37(2)54(64-25-24-63-50(73)14-10-26-71-51(74)21-22-52(71)75)56(77)67-45(13-9-23-65-58(62)79)55(76)66-41-17-15-38(16-18-41)36-83-59(80)69(5)27-28-70(6)60(81)85-48-33-46-53(44-12-8-7-11-43(44)48)40(34-61)35-72(46)57(78)49-32-39-31-42(19-20-47(39)84-49)82-30-29-68(3)4/h7-8,11-12,15-22,31-33,37,40,45,54,64H,9-10,13-14,23-30,34-36H2,1-6H3,(H,63,73)(H,66,76)(H,67,77)(H3,62,65,79)/t40-,45+,54+/m1/s1. The first-order chi connectivity index (χ1) is 40.7. The lowest BCUT2D eigenvalue weighted by molar-refractivity contribution is -0.137. The summed E-state index contributed by atoms with van der Waals surface area (Å²) in [4.78, 5) is 123. The number of hydrogen-bond acceptors (Lipinski definition) is 15. The van der Waals surface area contributed by atoms with Crippen molar-refractivity contribution in [1.82, 2.24) is 40.9 Å². The zero-order valence-electron chi connectivity index (χ0n) is 48.6. The summed E-state index contributed by atoms with van der Waals surface area (Å²) >= 11 is 6.55. The van der Waals surface area contributed by atoms with Gasteiger partial charge in [0, 0.05) is 119 Å². The van der Waals surface area contributed by atoms with E-state index in [4.69, 9.17) is 36.0 Å². The van der Waals surface area contributed by atoms with Gasteiger partial charge >= 0.3 is 18.2 Å². The zero-order chi connectivity index (χ0) is 61.3. The molecule has 3 heterocycles. The minimum atomic E-state index is -1.03. The fourth-order valence-electron chi connectivity index (χ4n) is 9.58. The van der Waals surface area contributed by atoms with Crippen LogP contribution in [0.2, 0.25) is 0 Å². The van der Waals surface area contributed by atoms with Crippen LogP contribution in [0.4, 0.5) is 25.8 Å². The number of ether oxygens (including phenoxy) is 3. The second-order valence-electron chi connectivity index (χ2n) is 21.3. The maximum Gasteiger partial charge on any atom is 0.415 e. The number of nitrogens with two attached hydrogens (primary N) is 1. The highest BCUT2D eigenvalue weighted by Gasteiger charge is 2.37. The van der Waals surface area contributed by atoms with E-state index >= 15 is 0 Å². The van der Waals surface area contributed by atoms with Crippen molar-refractivity contribution in [3.63, 3.8) is 0 Å². The van der Waals surface area contributed by atoms with Crippen LogP contribution in [-0.4, -0.2) is 178 Å². The summed E-state index contributed by atoms with van der Waals surface area (Å²) in [6, 6.07) is 20.3. The maximum atomic E-state index is 14.3. The molecule has 2 aliphatic rings. The fraction of sp³-hybridized carbons (Fsp3) is 0.417. The lowest BCUT2D eigenvalue weighted by Gasteiger charge is -2.25. The van der Waals surface area contributed by atoms with E-state index in [9.17, 15) is 43.2 Å². The number of fused-ring (bicyclic) bond motifs is 4. The Morgan fingerprint density at radius 1 is 0.800 bits per heavy atom. The summed E-state index contributed by atoms with van der Waals surface area (Å²) in [7, 11) is 7.00. The van der Waals surface area contributed by atoms with Gasteiger partial charge in [-0.2, -0.15) is 0 Å². The Labute approximate surface area is 497 Å². The predicted molar refractivity (Wildman–Crippen MR) is 319 cm³/mol. The summed E-state index contributed by atoms with van der Waals surface area (Å²) in [5, 5.41) is 16.1. The molecule has 3 atom stereocenters. The largest absolute Gasteiger partial charge is 0.492 e. The van der Waals surface area contributed by atoms with E-state index in [0.29, 0.717) is 58.5 Å². The van der Waals surface area contributed by atoms with Gasteiger partial charge < -0.3 is 70.5 Å². The number of anilines is 2. The van der Waals surface area contributed by atoms with Crippen LogP contribution in [0.1, 0.15) is 67.1 Å². The minimum absolute atomic E-state index is 0.0720. The van der Waals surface area contributed by atoms with Crippen LogP contribution < -0.4 is 46.7 Å². The van der Waals surface area contributed by atoms with Crippen LogP contribution >= 0.6 is 11.6 Å². The molecule has 454 valence electrons. The molecule has 0 saturated heterocycles. The zero-order valence-corrected chi connectivity index (χ0v) is 49.3. The monoisotopic (exact) mass is 1190 g/mol. The Bertz CT molecular complexity index is 3260. The van der Waals surface area contributed by atoms with Crippen molar-refractivity contribution in [2.45, 2.75) is 64.1 Å². The van der Waals surface area contributed by atoms with E-state index in [-0.39, 0.29) is 106 Å². The Morgan fingerprint density at radius 3 is 2.19 bits per heavy atom. The number of urea groups is 1. The molecule has 0 spiro atoms. The Morgan fingerprint density at radius 2 is 1.51 bits per heavy atom. The van der Waals surface area contributed by atoms with Gasteiger partial charge in [0.05, 0.1) is 11.7 Å². The summed E-state index contributed by atoms with van der Waals surface area (Å²) < 4.78 is 23.6. The second-order valence-corrected chi connectivity index (χ2v) is 21.6. The number of likely N-dealkylation sites (N-methyl/N-ethyl adjacent to an activating group) is 3. The first-order valence-corrected chi connectivity index (χ1v) is 28.6. The number of imide groups is 1. The molecule has 2 aliphatic heterocycles. The smallest absolute Gasteiger partial charge is 0.415 e. The van der Waals surface area contributed by atoms with Crippen molar-refractivity contribution in [2.75, 3.05) is 103 Å². The Kier molecular flexibility index (Phi) is 22.7. The molecule has 0 aliphatic carbocycles. The molecule has 7 N–H and O–H groups in total. The highest BCUT2D eigenvalue weighted by molar-refractivity contribution is 6.19. The van der Waals surface area contributed by atoms with Crippen molar-refractivity contribution < 1.29 is 61.8 Å². The van der Waals surface area contributed by atoms with E-state index in [1.807, 2.05) is 63.2 Å². The lowest BCUT2D eigenvalue weighted by Crippen LogP contribution is -2.54. The van der Waals surface area contributed by atoms with Crippen LogP contribution in [0.25, 0.3) is 21.7 Å².